The van der Waals surface area contributed by atoms with Crippen LogP contribution < -0.4 is 0 Å². The van der Waals surface area contributed by atoms with Crippen LogP contribution in [0.1, 0.15) is 31.6 Å². The Morgan fingerprint density at radius 1 is 1.33 bits per heavy atom. The fourth-order valence-corrected chi connectivity index (χ4v) is 2.36. The molecule has 1 aliphatic heterocycles. The average molecular weight is 314 g/mol. The number of nitrogens with zero attached hydrogens (tertiary/aromatic N) is 3. The zero-order valence-corrected chi connectivity index (χ0v) is 11.4. The molecule has 6 nitrogen and oxygen atoms in total. The van der Waals surface area contributed by atoms with Gasteiger partial charge in [0.25, 0.3) is 0 Å². The average Bonchev–Trinajstić information content (AvgIpc) is 2.97. The van der Waals surface area contributed by atoms with E-state index in [1.165, 1.54) is 0 Å². The fourth-order valence-electron chi connectivity index (χ4n) is 2.08. The van der Waals surface area contributed by atoms with Crippen LogP contribution in [-0.4, -0.2) is 28.0 Å². The second kappa shape index (κ2) is 4.81. The Kier molecular flexibility index (Phi) is 3.17. The maximum Gasteiger partial charge on any atom is 0.241 e. The van der Waals surface area contributed by atoms with Gasteiger partial charge in [0.2, 0.25) is 17.5 Å². The Hall–Kier alpha value is -1.21. The molecule has 0 aromatic carbocycles. The van der Waals surface area contributed by atoms with Crippen molar-refractivity contribution in [2.75, 3.05) is 6.61 Å². The van der Waals surface area contributed by atoms with Gasteiger partial charge in [-0.3, -0.25) is 0 Å². The highest BCUT2D eigenvalue weighted by molar-refractivity contribution is 9.10. The molecule has 0 N–H and O–H groups in total. The zero-order valence-electron chi connectivity index (χ0n) is 9.80. The number of aromatic nitrogens is 3. The molecule has 2 atom stereocenters. The van der Waals surface area contributed by atoms with Gasteiger partial charge in [-0.1, -0.05) is 10.3 Å². The Balaban J connectivity index is 1.80. The molecule has 96 valence electrons. The summed E-state index contributed by atoms with van der Waals surface area (Å²) in [5, 5.41) is 7.65. The highest BCUT2D eigenvalue weighted by Crippen LogP contribution is 2.30. The number of ether oxygens (including phenoxy) is 1. The Morgan fingerprint density at radius 3 is 2.94 bits per heavy atom. The molecule has 1 fully saturated rings. The maximum atomic E-state index is 5.50. The van der Waals surface area contributed by atoms with Gasteiger partial charge in [-0.15, -0.1) is 0 Å². The van der Waals surface area contributed by atoms with Crippen LogP contribution in [0.15, 0.2) is 19.7 Å². The molecule has 0 amide bonds. The highest BCUT2D eigenvalue weighted by atomic mass is 79.9. The van der Waals surface area contributed by atoms with Gasteiger partial charge in [0.05, 0.1) is 6.10 Å². The van der Waals surface area contributed by atoms with E-state index in [-0.39, 0.29) is 12.0 Å². The van der Waals surface area contributed by atoms with Crippen LogP contribution >= 0.6 is 15.9 Å². The van der Waals surface area contributed by atoms with Gasteiger partial charge in [0, 0.05) is 18.6 Å². The Morgan fingerprint density at radius 2 is 2.22 bits per heavy atom. The quantitative estimate of drug-likeness (QED) is 0.848. The van der Waals surface area contributed by atoms with E-state index in [1.807, 2.05) is 0 Å². The lowest BCUT2D eigenvalue weighted by molar-refractivity contribution is 0.0134. The summed E-state index contributed by atoms with van der Waals surface area (Å²) in [6, 6.07) is 1.71. The summed E-state index contributed by atoms with van der Waals surface area (Å²) in [6.45, 7) is 2.79. The van der Waals surface area contributed by atoms with Crippen molar-refractivity contribution in [2.24, 2.45) is 0 Å². The summed E-state index contributed by atoms with van der Waals surface area (Å²) in [4.78, 5) is 4.36. The van der Waals surface area contributed by atoms with Gasteiger partial charge >= 0.3 is 0 Å². The molecule has 0 bridgehead atoms. The summed E-state index contributed by atoms with van der Waals surface area (Å²) >= 11 is 3.21. The molecule has 1 aliphatic rings. The molecule has 18 heavy (non-hydrogen) atoms. The van der Waals surface area contributed by atoms with Crippen molar-refractivity contribution in [1.29, 1.82) is 0 Å². The van der Waals surface area contributed by atoms with Crippen LogP contribution in [0.5, 0.6) is 0 Å². The van der Waals surface area contributed by atoms with Gasteiger partial charge in [0.15, 0.2) is 0 Å². The summed E-state index contributed by atoms with van der Waals surface area (Å²) in [5.74, 6) is 1.84. The van der Waals surface area contributed by atoms with E-state index in [0.29, 0.717) is 22.1 Å². The van der Waals surface area contributed by atoms with Gasteiger partial charge in [-0.2, -0.15) is 4.98 Å². The Bertz CT molecular complexity index is 539. The molecule has 3 heterocycles. The third kappa shape index (κ3) is 2.32. The van der Waals surface area contributed by atoms with Crippen LogP contribution in [0.25, 0.3) is 11.6 Å². The third-order valence-electron chi connectivity index (χ3n) is 2.98. The number of rotatable bonds is 2. The van der Waals surface area contributed by atoms with E-state index < -0.39 is 0 Å². The summed E-state index contributed by atoms with van der Waals surface area (Å²) < 4.78 is 16.5. The maximum absolute atomic E-state index is 5.50. The van der Waals surface area contributed by atoms with Gasteiger partial charge in [0.1, 0.15) is 4.60 Å². The first-order valence-corrected chi connectivity index (χ1v) is 6.59. The molecule has 2 aromatic rings. The molecule has 0 radical (unpaired) electrons. The monoisotopic (exact) mass is 313 g/mol. The van der Waals surface area contributed by atoms with Crippen molar-refractivity contribution in [2.45, 2.75) is 31.8 Å². The second-order valence-electron chi connectivity index (χ2n) is 4.37. The van der Waals surface area contributed by atoms with Crippen LogP contribution in [-0.2, 0) is 4.74 Å². The standard InChI is InChI=1S/C11H12BrN3O3/c1-6-4-7(2-3-16-6)11-13-10(15-18-11)8-5-9(12)14-17-8/h5-7H,2-4H2,1H3. The smallest absolute Gasteiger partial charge is 0.241 e. The largest absolute Gasteiger partial charge is 0.378 e. The molecule has 3 rings (SSSR count). The van der Waals surface area contributed by atoms with Crippen molar-refractivity contribution >= 4 is 15.9 Å². The molecule has 1 saturated heterocycles. The normalized spacial score (nSPS) is 24.3. The van der Waals surface area contributed by atoms with E-state index in [0.717, 1.165) is 19.4 Å². The van der Waals surface area contributed by atoms with Crippen LogP contribution in [0.3, 0.4) is 0 Å². The topological polar surface area (TPSA) is 74.2 Å². The molecule has 7 heteroatoms. The lowest BCUT2D eigenvalue weighted by atomic mass is 9.96. The minimum atomic E-state index is 0.235. The molecular weight excluding hydrogens is 302 g/mol. The lowest BCUT2D eigenvalue weighted by Crippen LogP contribution is -2.21. The first-order valence-electron chi connectivity index (χ1n) is 5.80. The van der Waals surface area contributed by atoms with Crippen molar-refractivity contribution in [3.8, 4) is 11.6 Å². The van der Waals surface area contributed by atoms with E-state index in [4.69, 9.17) is 13.8 Å². The molecule has 0 spiro atoms. The van der Waals surface area contributed by atoms with Crippen molar-refractivity contribution in [3.05, 3.63) is 16.6 Å². The van der Waals surface area contributed by atoms with E-state index in [1.54, 1.807) is 6.07 Å². The van der Waals surface area contributed by atoms with Crippen molar-refractivity contribution in [3.63, 3.8) is 0 Å². The molecule has 2 aromatic heterocycles. The lowest BCUT2D eigenvalue weighted by Gasteiger charge is -2.24. The first-order chi connectivity index (χ1) is 8.72. The molecule has 2 unspecified atom stereocenters. The highest BCUT2D eigenvalue weighted by Gasteiger charge is 2.26. The summed E-state index contributed by atoms with van der Waals surface area (Å²) in [7, 11) is 0. The molecule has 0 aliphatic carbocycles. The van der Waals surface area contributed by atoms with E-state index in [9.17, 15) is 0 Å². The second-order valence-corrected chi connectivity index (χ2v) is 5.19. The van der Waals surface area contributed by atoms with Crippen molar-refractivity contribution in [1.82, 2.24) is 15.3 Å². The van der Waals surface area contributed by atoms with Crippen LogP contribution in [0, 0.1) is 0 Å². The number of hydrogen-bond donors (Lipinski definition) is 0. The Labute approximate surface area is 112 Å². The minimum Gasteiger partial charge on any atom is -0.378 e. The number of hydrogen-bond acceptors (Lipinski definition) is 6. The molecule has 0 saturated carbocycles. The SMILES string of the molecule is CC1CC(c2nc(-c3cc(Br)no3)no2)CCO1. The van der Waals surface area contributed by atoms with E-state index >= 15 is 0 Å². The predicted octanol–water partition coefficient (Wildman–Crippen LogP) is 2.77. The summed E-state index contributed by atoms with van der Waals surface area (Å²) in [5.41, 5.74) is 0. The van der Waals surface area contributed by atoms with Crippen LogP contribution in [0.2, 0.25) is 0 Å². The van der Waals surface area contributed by atoms with Gasteiger partial charge < -0.3 is 13.8 Å². The van der Waals surface area contributed by atoms with Crippen LogP contribution in [0.4, 0.5) is 0 Å². The minimum absolute atomic E-state index is 0.235. The zero-order chi connectivity index (χ0) is 12.5. The van der Waals surface area contributed by atoms with Gasteiger partial charge in [-0.05, 0) is 35.7 Å². The molecular formula is C11H12BrN3O3. The first kappa shape index (κ1) is 11.9. The number of halogens is 1. The summed E-state index contributed by atoms with van der Waals surface area (Å²) in [6.07, 6.45) is 2.05. The third-order valence-corrected chi connectivity index (χ3v) is 3.35. The predicted molar refractivity (Wildman–Crippen MR) is 64.9 cm³/mol. The van der Waals surface area contributed by atoms with E-state index in [2.05, 4.69) is 38.2 Å². The van der Waals surface area contributed by atoms with Gasteiger partial charge in [-0.25, -0.2) is 0 Å². The fraction of sp³-hybridized carbons (Fsp3) is 0.545. The van der Waals surface area contributed by atoms with Crippen molar-refractivity contribution < 1.29 is 13.8 Å².